The number of H-pyrrole nitrogens is 1. The molecule has 0 spiro atoms. The summed E-state index contributed by atoms with van der Waals surface area (Å²) in [5.74, 6) is 0.689. The summed E-state index contributed by atoms with van der Waals surface area (Å²) in [5.41, 5.74) is 0.436. The topological polar surface area (TPSA) is 61.9 Å². The van der Waals surface area contributed by atoms with Gasteiger partial charge in [0.2, 0.25) is 0 Å². The fourth-order valence-corrected chi connectivity index (χ4v) is 1.56. The van der Waals surface area contributed by atoms with E-state index in [1.165, 1.54) is 29.2 Å². The van der Waals surface area contributed by atoms with Crippen molar-refractivity contribution >= 4 is 5.91 Å². The van der Waals surface area contributed by atoms with Crippen molar-refractivity contribution in [2.75, 3.05) is 7.05 Å². The number of aryl methyl sites for hydroxylation is 1. The second-order valence-corrected chi connectivity index (χ2v) is 4.01. The number of nitrogens with one attached hydrogen (secondary N) is 1. The highest BCUT2D eigenvalue weighted by Gasteiger charge is 2.13. The van der Waals surface area contributed by atoms with Crippen molar-refractivity contribution in [3.05, 3.63) is 47.3 Å². The first-order chi connectivity index (χ1) is 8.56. The van der Waals surface area contributed by atoms with Gasteiger partial charge in [-0.15, -0.1) is 0 Å². The van der Waals surface area contributed by atoms with Crippen molar-refractivity contribution in [1.82, 2.24) is 20.1 Å². The van der Waals surface area contributed by atoms with Gasteiger partial charge in [-0.1, -0.05) is 0 Å². The molecule has 0 aliphatic heterocycles. The first-order valence-corrected chi connectivity index (χ1v) is 5.45. The van der Waals surface area contributed by atoms with E-state index in [0.717, 1.165) is 0 Å². The zero-order chi connectivity index (χ0) is 13.1. The van der Waals surface area contributed by atoms with Crippen LogP contribution in [0.2, 0.25) is 0 Å². The van der Waals surface area contributed by atoms with Crippen LogP contribution in [0.25, 0.3) is 0 Å². The molecule has 0 aliphatic rings. The highest BCUT2D eigenvalue weighted by molar-refractivity contribution is 5.93. The fraction of sp³-hybridized carbons (Fsp3) is 0.250. The molecule has 1 N–H and O–H groups in total. The Morgan fingerprint density at radius 3 is 2.61 bits per heavy atom. The van der Waals surface area contributed by atoms with Crippen LogP contribution in [-0.4, -0.2) is 33.0 Å². The second kappa shape index (κ2) is 4.95. The van der Waals surface area contributed by atoms with Crippen LogP contribution in [0.5, 0.6) is 0 Å². The molecule has 0 bridgehead atoms. The van der Waals surface area contributed by atoms with Gasteiger partial charge in [0.25, 0.3) is 5.91 Å². The summed E-state index contributed by atoms with van der Waals surface area (Å²) in [6, 6.07) is 5.44. The number of hydrogen-bond acceptors (Lipinski definition) is 3. The first-order valence-electron chi connectivity index (χ1n) is 5.45. The molecule has 5 nitrogen and oxygen atoms in total. The number of carbonyl (C=O) groups is 1. The molecule has 2 aromatic rings. The molecular weight excluding hydrogens is 235 g/mol. The molecule has 1 amide bonds. The monoisotopic (exact) mass is 248 g/mol. The lowest BCUT2D eigenvalue weighted by molar-refractivity contribution is 0.0781. The van der Waals surface area contributed by atoms with E-state index in [2.05, 4.69) is 15.2 Å². The maximum absolute atomic E-state index is 12.8. The van der Waals surface area contributed by atoms with Crippen molar-refractivity contribution in [1.29, 1.82) is 0 Å². The molecule has 6 heteroatoms. The summed E-state index contributed by atoms with van der Waals surface area (Å²) >= 11 is 0. The van der Waals surface area contributed by atoms with Gasteiger partial charge in [-0.3, -0.25) is 9.89 Å². The molecule has 0 radical (unpaired) electrons. The van der Waals surface area contributed by atoms with Gasteiger partial charge in [-0.05, 0) is 31.2 Å². The molecule has 0 saturated heterocycles. The van der Waals surface area contributed by atoms with Gasteiger partial charge in [0.05, 0.1) is 6.54 Å². The van der Waals surface area contributed by atoms with E-state index >= 15 is 0 Å². The zero-order valence-corrected chi connectivity index (χ0v) is 10.1. The molecule has 0 aliphatic carbocycles. The maximum Gasteiger partial charge on any atom is 0.254 e. The van der Waals surface area contributed by atoms with Crippen LogP contribution in [-0.2, 0) is 6.54 Å². The van der Waals surface area contributed by atoms with E-state index in [9.17, 15) is 9.18 Å². The van der Waals surface area contributed by atoms with Gasteiger partial charge >= 0.3 is 0 Å². The van der Waals surface area contributed by atoms with Crippen molar-refractivity contribution < 1.29 is 9.18 Å². The van der Waals surface area contributed by atoms with Crippen LogP contribution >= 0.6 is 0 Å². The van der Waals surface area contributed by atoms with E-state index < -0.39 is 0 Å². The molecule has 18 heavy (non-hydrogen) atoms. The Morgan fingerprint density at radius 2 is 2.06 bits per heavy atom. The van der Waals surface area contributed by atoms with Crippen LogP contribution < -0.4 is 0 Å². The van der Waals surface area contributed by atoms with Gasteiger partial charge in [-0.2, -0.15) is 5.10 Å². The van der Waals surface area contributed by atoms with Crippen LogP contribution in [0, 0.1) is 12.7 Å². The number of nitrogens with zero attached hydrogens (tertiary/aromatic N) is 3. The molecule has 1 aromatic heterocycles. The quantitative estimate of drug-likeness (QED) is 0.895. The Labute approximate surface area is 104 Å². The number of halogens is 1. The number of amides is 1. The molecule has 94 valence electrons. The van der Waals surface area contributed by atoms with Gasteiger partial charge in [0.1, 0.15) is 11.6 Å². The van der Waals surface area contributed by atoms with Crippen LogP contribution in [0.15, 0.2) is 24.3 Å². The minimum Gasteiger partial charge on any atom is -0.334 e. The Balaban J connectivity index is 2.07. The lowest BCUT2D eigenvalue weighted by Gasteiger charge is -2.15. The fourth-order valence-electron chi connectivity index (χ4n) is 1.56. The van der Waals surface area contributed by atoms with E-state index in [0.29, 0.717) is 23.8 Å². The average molecular weight is 248 g/mol. The number of aromatic amines is 1. The summed E-state index contributed by atoms with van der Waals surface area (Å²) in [5, 5.41) is 6.67. The molecule has 0 unspecified atom stereocenters. The van der Waals surface area contributed by atoms with Crippen molar-refractivity contribution in [2.24, 2.45) is 0 Å². The summed E-state index contributed by atoms with van der Waals surface area (Å²) in [6.07, 6.45) is 0. The lowest BCUT2D eigenvalue weighted by atomic mass is 10.2. The average Bonchev–Trinajstić information content (AvgIpc) is 2.75. The Kier molecular flexibility index (Phi) is 3.36. The van der Waals surface area contributed by atoms with Crippen molar-refractivity contribution in [2.45, 2.75) is 13.5 Å². The van der Waals surface area contributed by atoms with E-state index in [4.69, 9.17) is 0 Å². The standard InChI is InChI=1S/C12H13FN4O/c1-8-14-11(16-15-8)7-17(2)12(18)9-3-5-10(13)6-4-9/h3-6H,7H2,1-2H3,(H,14,15,16). The molecule has 0 saturated carbocycles. The third-order valence-electron chi connectivity index (χ3n) is 2.46. The highest BCUT2D eigenvalue weighted by atomic mass is 19.1. The van der Waals surface area contributed by atoms with Crippen LogP contribution in [0.1, 0.15) is 22.0 Å². The Bertz CT molecular complexity index is 549. The number of benzene rings is 1. The maximum atomic E-state index is 12.8. The molecule has 0 atom stereocenters. The lowest BCUT2D eigenvalue weighted by Crippen LogP contribution is -2.26. The summed E-state index contributed by atoms with van der Waals surface area (Å²) in [7, 11) is 1.65. The molecule has 2 rings (SSSR count). The van der Waals surface area contributed by atoms with Gasteiger partial charge in [0, 0.05) is 12.6 Å². The Morgan fingerprint density at radius 1 is 1.39 bits per heavy atom. The third-order valence-corrected chi connectivity index (χ3v) is 2.46. The smallest absolute Gasteiger partial charge is 0.254 e. The van der Waals surface area contributed by atoms with Crippen molar-refractivity contribution in [3.63, 3.8) is 0 Å². The van der Waals surface area contributed by atoms with Gasteiger partial charge in [0.15, 0.2) is 5.82 Å². The second-order valence-electron chi connectivity index (χ2n) is 4.01. The van der Waals surface area contributed by atoms with Gasteiger partial charge in [-0.25, -0.2) is 9.37 Å². The molecule has 1 heterocycles. The normalized spacial score (nSPS) is 10.4. The number of aromatic nitrogens is 3. The summed E-state index contributed by atoms with van der Waals surface area (Å²) in [4.78, 5) is 17.6. The Hall–Kier alpha value is -2.24. The SMILES string of the molecule is Cc1nc(CN(C)C(=O)c2ccc(F)cc2)n[nH]1. The minimum atomic E-state index is -0.362. The largest absolute Gasteiger partial charge is 0.334 e. The van der Waals surface area contributed by atoms with Crippen LogP contribution in [0.3, 0.4) is 0 Å². The van der Waals surface area contributed by atoms with Crippen molar-refractivity contribution in [3.8, 4) is 0 Å². The van der Waals surface area contributed by atoms with E-state index in [1.54, 1.807) is 14.0 Å². The van der Waals surface area contributed by atoms with E-state index in [-0.39, 0.29) is 11.7 Å². The van der Waals surface area contributed by atoms with Gasteiger partial charge < -0.3 is 4.90 Å². The summed E-state index contributed by atoms with van der Waals surface area (Å²) < 4.78 is 12.8. The number of hydrogen-bond donors (Lipinski definition) is 1. The number of rotatable bonds is 3. The minimum absolute atomic E-state index is 0.197. The van der Waals surface area contributed by atoms with E-state index in [1.807, 2.05) is 0 Å². The zero-order valence-electron chi connectivity index (χ0n) is 10.1. The van der Waals surface area contributed by atoms with Crippen LogP contribution in [0.4, 0.5) is 4.39 Å². The highest BCUT2D eigenvalue weighted by Crippen LogP contribution is 2.07. The predicted molar refractivity (Wildman–Crippen MR) is 63.3 cm³/mol. The molecular formula is C12H13FN4O. The number of carbonyl (C=O) groups excluding carboxylic acids is 1. The molecule has 0 fully saturated rings. The molecule has 1 aromatic carbocycles. The summed E-state index contributed by atoms with van der Waals surface area (Å²) in [6.45, 7) is 2.10. The first kappa shape index (κ1) is 12.2. The predicted octanol–water partition coefficient (Wildman–Crippen LogP) is 1.52. The third kappa shape index (κ3) is 2.71.